The molecule has 5 heteroatoms. The van der Waals surface area contributed by atoms with Gasteiger partial charge in [-0.3, -0.25) is 4.90 Å². The van der Waals surface area contributed by atoms with Gasteiger partial charge in [-0.05, 0) is 19.4 Å². The van der Waals surface area contributed by atoms with Crippen LogP contribution in [0.1, 0.15) is 50.7 Å². The maximum atomic E-state index is 5.86. The minimum absolute atomic E-state index is 0. The largest absolute Gasteiger partial charge is 0.329 e. The monoisotopic (exact) mass is 303 g/mol. The minimum Gasteiger partial charge on any atom is -0.329 e. The Labute approximate surface area is 127 Å². The molecule has 2 heterocycles. The van der Waals surface area contributed by atoms with E-state index in [0.29, 0.717) is 6.04 Å². The van der Waals surface area contributed by atoms with Crippen LogP contribution in [0.3, 0.4) is 0 Å². The molecule has 1 aliphatic heterocycles. The number of aromatic nitrogens is 1. The highest BCUT2D eigenvalue weighted by atomic mass is 35.5. The SMILES string of the molecule is CC(C)(C)c1nc(CN2CCCCC2CN)cs1.Cl. The van der Waals surface area contributed by atoms with Crippen molar-refractivity contribution in [3.63, 3.8) is 0 Å². The first kappa shape index (κ1) is 16.9. The molecular formula is C14H26ClN3S. The van der Waals surface area contributed by atoms with Crippen LogP contribution in [-0.4, -0.2) is 29.0 Å². The van der Waals surface area contributed by atoms with Crippen LogP contribution in [0.25, 0.3) is 0 Å². The Hall–Kier alpha value is -0.160. The summed E-state index contributed by atoms with van der Waals surface area (Å²) in [6, 6.07) is 0.554. The van der Waals surface area contributed by atoms with Crippen LogP contribution in [-0.2, 0) is 12.0 Å². The lowest BCUT2D eigenvalue weighted by Crippen LogP contribution is -2.43. The molecule has 1 aliphatic rings. The van der Waals surface area contributed by atoms with Crippen LogP contribution in [0.2, 0.25) is 0 Å². The zero-order chi connectivity index (χ0) is 13.2. The highest BCUT2D eigenvalue weighted by Gasteiger charge is 2.23. The summed E-state index contributed by atoms with van der Waals surface area (Å²) in [5, 5.41) is 3.45. The van der Waals surface area contributed by atoms with Crippen molar-refractivity contribution in [3.8, 4) is 0 Å². The van der Waals surface area contributed by atoms with Crippen molar-refractivity contribution in [2.45, 2.75) is 58.0 Å². The van der Waals surface area contributed by atoms with Crippen molar-refractivity contribution < 1.29 is 0 Å². The molecule has 0 spiro atoms. The summed E-state index contributed by atoms with van der Waals surface area (Å²) in [5.41, 5.74) is 7.24. The molecule has 0 saturated carbocycles. The second kappa shape index (κ2) is 7.02. The fraction of sp³-hybridized carbons (Fsp3) is 0.786. The summed E-state index contributed by atoms with van der Waals surface area (Å²) in [7, 11) is 0. The Balaban J connectivity index is 0.00000180. The van der Waals surface area contributed by atoms with E-state index in [4.69, 9.17) is 10.7 Å². The molecule has 1 unspecified atom stereocenters. The van der Waals surface area contributed by atoms with Crippen LogP contribution in [0, 0.1) is 0 Å². The van der Waals surface area contributed by atoms with E-state index in [1.54, 1.807) is 11.3 Å². The third kappa shape index (κ3) is 4.42. The average molecular weight is 304 g/mol. The van der Waals surface area contributed by atoms with E-state index in [-0.39, 0.29) is 17.8 Å². The number of nitrogens with zero attached hydrogens (tertiary/aromatic N) is 2. The Kier molecular flexibility index (Phi) is 6.24. The van der Waals surface area contributed by atoms with Gasteiger partial charge in [0.25, 0.3) is 0 Å². The average Bonchev–Trinajstić information content (AvgIpc) is 2.78. The number of nitrogens with two attached hydrogens (primary N) is 1. The van der Waals surface area contributed by atoms with Crippen molar-refractivity contribution in [3.05, 3.63) is 16.1 Å². The molecule has 110 valence electrons. The van der Waals surface area contributed by atoms with Gasteiger partial charge in [0.2, 0.25) is 0 Å². The molecule has 2 rings (SSSR count). The Morgan fingerprint density at radius 3 is 2.74 bits per heavy atom. The molecule has 1 aromatic rings. The normalized spacial score (nSPS) is 21.2. The van der Waals surface area contributed by atoms with Gasteiger partial charge in [-0.2, -0.15) is 0 Å². The van der Waals surface area contributed by atoms with Gasteiger partial charge in [-0.15, -0.1) is 23.7 Å². The maximum absolute atomic E-state index is 5.86. The zero-order valence-electron chi connectivity index (χ0n) is 12.2. The molecule has 0 amide bonds. The van der Waals surface area contributed by atoms with Gasteiger partial charge < -0.3 is 5.73 Å². The number of hydrogen-bond acceptors (Lipinski definition) is 4. The smallest absolute Gasteiger partial charge is 0.0982 e. The van der Waals surface area contributed by atoms with Gasteiger partial charge in [-0.25, -0.2) is 4.98 Å². The Bertz CT molecular complexity index is 386. The molecule has 3 nitrogen and oxygen atoms in total. The van der Waals surface area contributed by atoms with Crippen LogP contribution in [0.5, 0.6) is 0 Å². The molecule has 1 saturated heterocycles. The molecule has 1 aromatic heterocycles. The summed E-state index contributed by atoms with van der Waals surface area (Å²) in [5.74, 6) is 0. The van der Waals surface area contributed by atoms with Gasteiger partial charge in [0.1, 0.15) is 0 Å². The second-order valence-corrected chi connectivity index (χ2v) is 7.11. The van der Waals surface area contributed by atoms with Crippen molar-refractivity contribution in [1.29, 1.82) is 0 Å². The number of halogens is 1. The highest BCUT2D eigenvalue weighted by Crippen LogP contribution is 2.27. The highest BCUT2D eigenvalue weighted by molar-refractivity contribution is 7.09. The number of likely N-dealkylation sites (tertiary alicyclic amines) is 1. The van der Waals surface area contributed by atoms with E-state index in [0.717, 1.165) is 13.1 Å². The number of rotatable bonds is 3. The van der Waals surface area contributed by atoms with E-state index < -0.39 is 0 Å². The molecule has 19 heavy (non-hydrogen) atoms. The second-order valence-electron chi connectivity index (χ2n) is 6.25. The molecule has 0 aromatic carbocycles. The first-order chi connectivity index (χ1) is 8.50. The number of piperidine rings is 1. The van der Waals surface area contributed by atoms with E-state index in [1.807, 2.05) is 0 Å². The van der Waals surface area contributed by atoms with Crippen LogP contribution >= 0.6 is 23.7 Å². The lowest BCUT2D eigenvalue weighted by atomic mass is 9.98. The summed E-state index contributed by atoms with van der Waals surface area (Å²) in [6.07, 6.45) is 3.86. The topological polar surface area (TPSA) is 42.2 Å². The molecule has 2 N–H and O–H groups in total. The number of thiazole rings is 1. The van der Waals surface area contributed by atoms with Crippen LogP contribution < -0.4 is 5.73 Å². The van der Waals surface area contributed by atoms with Gasteiger partial charge in [-0.1, -0.05) is 27.2 Å². The third-order valence-electron chi connectivity index (χ3n) is 3.58. The van der Waals surface area contributed by atoms with Crippen molar-refractivity contribution in [2.75, 3.05) is 13.1 Å². The van der Waals surface area contributed by atoms with E-state index in [1.165, 1.54) is 36.5 Å². The lowest BCUT2D eigenvalue weighted by molar-refractivity contribution is 0.143. The van der Waals surface area contributed by atoms with E-state index in [9.17, 15) is 0 Å². The molecular weight excluding hydrogens is 278 g/mol. The third-order valence-corrected chi connectivity index (χ3v) is 4.90. The van der Waals surface area contributed by atoms with Gasteiger partial charge >= 0.3 is 0 Å². The molecule has 0 bridgehead atoms. The summed E-state index contributed by atoms with van der Waals surface area (Å²) >= 11 is 1.78. The molecule has 0 radical (unpaired) electrons. The Morgan fingerprint density at radius 2 is 2.16 bits per heavy atom. The lowest BCUT2D eigenvalue weighted by Gasteiger charge is -2.34. The molecule has 0 aliphatic carbocycles. The Morgan fingerprint density at radius 1 is 1.42 bits per heavy atom. The quantitative estimate of drug-likeness (QED) is 0.932. The van der Waals surface area contributed by atoms with Gasteiger partial charge in [0.15, 0.2) is 0 Å². The van der Waals surface area contributed by atoms with E-state index in [2.05, 4.69) is 31.1 Å². The summed E-state index contributed by atoms with van der Waals surface area (Å²) < 4.78 is 0. The standard InChI is InChI=1S/C14H25N3S.ClH/c1-14(2,3)13-16-11(10-18-13)9-17-7-5-4-6-12(17)8-15;/h10,12H,4-9,15H2,1-3H3;1H. The van der Waals surface area contributed by atoms with Gasteiger partial charge in [0.05, 0.1) is 10.7 Å². The van der Waals surface area contributed by atoms with Crippen LogP contribution in [0.15, 0.2) is 5.38 Å². The summed E-state index contributed by atoms with van der Waals surface area (Å²) in [4.78, 5) is 7.29. The molecule has 1 fully saturated rings. The first-order valence-corrected chi connectivity index (χ1v) is 7.77. The van der Waals surface area contributed by atoms with Crippen molar-refractivity contribution in [2.24, 2.45) is 5.73 Å². The fourth-order valence-corrected chi connectivity index (χ4v) is 3.37. The first-order valence-electron chi connectivity index (χ1n) is 6.89. The molecule has 1 atom stereocenters. The summed E-state index contributed by atoms with van der Waals surface area (Å²) in [6.45, 7) is 9.58. The van der Waals surface area contributed by atoms with Crippen LogP contribution in [0.4, 0.5) is 0 Å². The van der Waals surface area contributed by atoms with Crippen molar-refractivity contribution >= 4 is 23.7 Å². The predicted octanol–water partition coefficient (Wildman–Crippen LogP) is 3.18. The number of hydrogen-bond donors (Lipinski definition) is 1. The van der Waals surface area contributed by atoms with E-state index >= 15 is 0 Å². The minimum atomic E-state index is 0. The predicted molar refractivity (Wildman–Crippen MR) is 85.2 cm³/mol. The maximum Gasteiger partial charge on any atom is 0.0982 e. The van der Waals surface area contributed by atoms with Crippen molar-refractivity contribution in [1.82, 2.24) is 9.88 Å². The fourth-order valence-electron chi connectivity index (χ4n) is 2.47. The zero-order valence-corrected chi connectivity index (χ0v) is 13.8. The van der Waals surface area contributed by atoms with Gasteiger partial charge in [0, 0.05) is 29.9 Å².